The number of hydrogen-bond acceptors (Lipinski definition) is 5. The van der Waals surface area contributed by atoms with Crippen LogP contribution < -0.4 is 19.1 Å². The summed E-state index contributed by atoms with van der Waals surface area (Å²) >= 11 is 0. The van der Waals surface area contributed by atoms with E-state index in [1.807, 2.05) is 39.0 Å². The fourth-order valence-electron chi connectivity index (χ4n) is 3.99. The Labute approximate surface area is 190 Å². The van der Waals surface area contributed by atoms with Gasteiger partial charge in [0, 0.05) is 31.0 Å². The standard InChI is InChI=1S/C24H32N2O5S/c1-17-11-12-20-21(16-24(2,3)31-22(20)14-17)25-23(27)10-7-13-26(32(5,28)29)18-8-6-9-19(15-18)30-4/h6,8-9,11-12,14-15,21H,7,10,13,16H2,1-5H3,(H,25,27)/t21-/m1/s1. The summed E-state index contributed by atoms with van der Waals surface area (Å²) < 4.78 is 37.3. The summed E-state index contributed by atoms with van der Waals surface area (Å²) in [5.74, 6) is 1.26. The number of rotatable bonds is 8. The van der Waals surface area contributed by atoms with Crippen molar-refractivity contribution in [1.29, 1.82) is 0 Å². The molecule has 1 amide bonds. The highest BCUT2D eigenvalue weighted by molar-refractivity contribution is 7.92. The van der Waals surface area contributed by atoms with E-state index >= 15 is 0 Å². The van der Waals surface area contributed by atoms with Gasteiger partial charge in [-0.3, -0.25) is 9.10 Å². The van der Waals surface area contributed by atoms with Crippen LogP contribution in [0.2, 0.25) is 0 Å². The maximum Gasteiger partial charge on any atom is 0.232 e. The predicted molar refractivity (Wildman–Crippen MR) is 126 cm³/mol. The second kappa shape index (κ2) is 9.40. The number of anilines is 1. The zero-order valence-corrected chi connectivity index (χ0v) is 20.2. The highest BCUT2D eigenvalue weighted by Gasteiger charge is 2.34. The number of carbonyl (C=O) groups is 1. The van der Waals surface area contributed by atoms with Crippen LogP contribution in [0.25, 0.3) is 0 Å². The van der Waals surface area contributed by atoms with E-state index in [1.165, 1.54) is 11.4 Å². The smallest absolute Gasteiger partial charge is 0.232 e. The Bertz CT molecular complexity index is 1080. The van der Waals surface area contributed by atoms with Gasteiger partial charge in [0.05, 0.1) is 25.1 Å². The monoisotopic (exact) mass is 460 g/mol. The van der Waals surface area contributed by atoms with Crippen molar-refractivity contribution in [3.63, 3.8) is 0 Å². The third-order valence-corrected chi connectivity index (χ3v) is 6.66. The van der Waals surface area contributed by atoms with Crippen LogP contribution in [0, 0.1) is 6.92 Å². The molecule has 7 nitrogen and oxygen atoms in total. The average molecular weight is 461 g/mol. The van der Waals surface area contributed by atoms with E-state index in [2.05, 4.69) is 5.32 Å². The van der Waals surface area contributed by atoms with Gasteiger partial charge in [-0.2, -0.15) is 0 Å². The van der Waals surface area contributed by atoms with Crippen molar-refractivity contribution in [3.05, 3.63) is 53.6 Å². The second-order valence-electron chi connectivity index (χ2n) is 8.87. The molecule has 8 heteroatoms. The Hall–Kier alpha value is -2.74. The maximum absolute atomic E-state index is 12.7. The van der Waals surface area contributed by atoms with E-state index in [0.29, 0.717) is 24.3 Å². The number of amides is 1. The van der Waals surface area contributed by atoms with Gasteiger partial charge < -0.3 is 14.8 Å². The molecule has 1 heterocycles. The van der Waals surface area contributed by atoms with Crippen molar-refractivity contribution in [2.75, 3.05) is 24.2 Å². The molecular formula is C24H32N2O5S. The van der Waals surface area contributed by atoms with Crippen molar-refractivity contribution in [2.24, 2.45) is 0 Å². The summed E-state index contributed by atoms with van der Waals surface area (Å²) in [6.45, 7) is 6.23. The minimum atomic E-state index is -3.50. The molecule has 0 radical (unpaired) electrons. The highest BCUT2D eigenvalue weighted by atomic mass is 32.2. The van der Waals surface area contributed by atoms with Gasteiger partial charge in [0.2, 0.25) is 15.9 Å². The number of nitrogens with zero attached hydrogens (tertiary/aromatic N) is 1. The summed E-state index contributed by atoms with van der Waals surface area (Å²) in [6.07, 6.45) is 2.43. The molecule has 0 aromatic heterocycles. The van der Waals surface area contributed by atoms with E-state index < -0.39 is 15.6 Å². The number of methoxy groups -OCH3 is 1. The van der Waals surface area contributed by atoms with Gasteiger partial charge in [-0.05, 0) is 51.0 Å². The van der Waals surface area contributed by atoms with Crippen molar-refractivity contribution < 1.29 is 22.7 Å². The molecular weight excluding hydrogens is 428 g/mol. The summed E-state index contributed by atoms with van der Waals surface area (Å²) in [6, 6.07) is 12.7. The molecule has 174 valence electrons. The third-order valence-electron chi connectivity index (χ3n) is 5.47. The fraction of sp³-hybridized carbons (Fsp3) is 0.458. The van der Waals surface area contributed by atoms with E-state index in [1.54, 1.807) is 24.3 Å². The molecule has 3 rings (SSSR count). The van der Waals surface area contributed by atoms with Gasteiger partial charge in [-0.25, -0.2) is 8.42 Å². The number of carbonyl (C=O) groups excluding carboxylic acids is 1. The molecule has 2 aromatic carbocycles. The van der Waals surface area contributed by atoms with Gasteiger partial charge in [0.15, 0.2) is 0 Å². The van der Waals surface area contributed by atoms with E-state index in [-0.39, 0.29) is 24.9 Å². The van der Waals surface area contributed by atoms with Crippen LogP contribution in [0.15, 0.2) is 42.5 Å². The normalized spacial score (nSPS) is 17.1. The molecule has 32 heavy (non-hydrogen) atoms. The maximum atomic E-state index is 12.7. The summed E-state index contributed by atoms with van der Waals surface area (Å²) in [5, 5.41) is 3.11. The second-order valence-corrected chi connectivity index (χ2v) is 10.8. The lowest BCUT2D eigenvalue weighted by Gasteiger charge is -2.38. The summed E-state index contributed by atoms with van der Waals surface area (Å²) in [4.78, 5) is 12.7. The topological polar surface area (TPSA) is 84.9 Å². The summed E-state index contributed by atoms with van der Waals surface area (Å²) in [5.41, 5.74) is 2.20. The number of sulfonamides is 1. The van der Waals surface area contributed by atoms with Crippen LogP contribution in [0.5, 0.6) is 11.5 Å². The molecule has 0 aliphatic carbocycles. The zero-order valence-electron chi connectivity index (χ0n) is 19.3. The first-order chi connectivity index (χ1) is 15.0. The lowest BCUT2D eigenvalue weighted by Crippen LogP contribution is -2.41. The van der Waals surface area contributed by atoms with E-state index in [0.717, 1.165) is 23.1 Å². The average Bonchev–Trinajstić information content (AvgIpc) is 2.69. The van der Waals surface area contributed by atoms with Gasteiger partial charge in [-0.1, -0.05) is 18.2 Å². The van der Waals surface area contributed by atoms with Gasteiger partial charge in [0.1, 0.15) is 17.1 Å². The van der Waals surface area contributed by atoms with Gasteiger partial charge in [-0.15, -0.1) is 0 Å². The number of nitrogens with one attached hydrogen (secondary N) is 1. The molecule has 0 saturated carbocycles. The highest BCUT2D eigenvalue weighted by Crippen LogP contribution is 2.40. The van der Waals surface area contributed by atoms with E-state index in [9.17, 15) is 13.2 Å². The Balaban J connectivity index is 1.65. The van der Waals surface area contributed by atoms with Crippen LogP contribution in [-0.4, -0.2) is 39.8 Å². The fourth-order valence-corrected chi connectivity index (χ4v) is 4.95. The first kappa shape index (κ1) is 23.9. The van der Waals surface area contributed by atoms with Gasteiger partial charge in [0.25, 0.3) is 0 Å². The SMILES string of the molecule is COc1cccc(N(CCCC(=O)N[C@@H]2CC(C)(C)Oc3cc(C)ccc32)S(C)(=O)=O)c1. The molecule has 0 fully saturated rings. The zero-order chi connectivity index (χ0) is 23.5. The van der Waals surface area contributed by atoms with Crippen LogP contribution >= 0.6 is 0 Å². The largest absolute Gasteiger partial charge is 0.497 e. The Kier molecular flexibility index (Phi) is 7.03. The number of aryl methyl sites for hydroxylation is 1. The molecule has 1 aliphatic heterocycles. The van der Waals surface area contributed by atoms with Crippen molar-refractivity contribution in [3.8, 4) is 11.5 Å². The van der Waals surface area contributed by atoms with Crippen LogP contribution in [-0.2, 0) is 14.8 Å². The predicted octanol–water partition coefficient (Wildman–Crippen LogP) is 3.97. The molecule has 2 aromatic rings. The van der Waals surface area contributed by atoms with Crippen LogP contribution in [0.1, 0.15) is 50.3 Å². The molecule has 0 unspecified atom stereocenters. The Morgan fingerprint density at radius 1 is 1.25 bits per heavy atom. The first-order valence-electron chi connectivity index (χ1n) is 10.7. The lowest BCUT2D eigenvalue weighted by atomic mass is 9.89. The van der Waals surface area contributed by atoms with Crippen molar-refractivity contribution in [2.45, 2.75) is 51.7 Å². The van der Waals surface area contributed by atoms with Crippen LogP contribution in [0.4, 0.5) is 5.69 Å². The molecule has 0 saturated heterocycles. The molecule has 0 spiro atoms. The Morgan fingerprint density at radius 2 is 2.00 bits per heavy atom. The summed E-state index contributed by atoms with van der Waals surface area (Å²) in [7, 11) is -1.97. The van der Waals surface area contributed by atoms with Gasteiger partial charge >= 0.3 is 0 Å². The quantitative estimate of drug-likeness (QED) is 0.644. The number of ether oxygens (including phenoxy) is 2. The first-order valence-corrected chi connectivity index (χ1v) is 12.5. The lowest BCUT2D eigenvalue weighted by molar-refractivity contribution is -0.122. The number of fused-ring (bicyclic) bond motifs is 1. The van der Waals surface area contributed by atoms with Crippen LogP contribution in [0.3, 0.4) is 0 Å². The molecule has 1 aliphatic rings. The minimum absolute atomic E-state index is 0.113. The van der Waals surface area contributed by atoms with Crippen molar-refractivity contribution >= 4 is 21.6 Å². The van der Waals surface area contributed by atoms with E-state index in [4.69, 9.17) is 9.47 Å². The number of benzene rings is 2. The number of hydrogen-bond donors (Lipinski definition) is 1. The molecule has 1 N–H and O–H groups in total. The minimum Gasteiger partial charge on any atom is -0.497 e. The third kappa shape index (κ3) is 5.94. The Morgan fingerprint density at radius 3 is 2.69 bits per heavy atom. The molecule has 0 bridgehead atoms. The van der Waals surface area contributed by atoms with Crippen molar-refractivity contribution in [1.82, 2.24) is 5.32 Å². The molecule has 1 atom stereocenters.